The molecule has 0 aromatic carbocycles. The molecule has 42 valence electrons. The SMILES string of the molecule is O=P(O)(O)[O][Ta].[NaH].[SrH2]. The van der Waals surface area contributed by atoms with Crippen LogP contribution in [0.5, 0.6) is 0 Å². The fourth-order valence-corrected chi connectivity index (χ4v) is 0. The average Bonchev–Trinajstić information content (AvgIpc) is 1.35. The molecular formula is H5NaO4PSrTa. The first-order chi connectivity index (χ1) is 2.56. The van der Waals surface area contributed by atoms with Crippen molar-refractivity contribution in [2.75, 3.05) is 0 Å². The average molecular weight is 392 g/mol. The molecule has 0 saturated heterocycles. The van der Waals surface area contributed by atoms with E-state index < -0.39 is 7.82 Å². The van der Waals surface area contributed by atoms with Crippen molar-refractivity contribution in [1.82, 2.24) is 0 Å². The van der Waals surface area contributed by atoms with Gasteiger partial charge in [0.05, 0.1) is 0 Å². The zero-order valence-electron chi connectivity index (χ0n) is 2.61. The first kappa shape index (κ1) is 17.4. The van der Waals surface area contributed by atoms with Gasteiger partial charge in [-0.3, -0.25) is 0 Å². The molecule has 0 atom stereocenters. The van der Waals surface area contributed by atoms with Crippen molar-refractivity contribution in [1.29, 1.82) is 0 Å². The second-order valence-corrected chi connectivity index (χ2v) is 3.48. The summed E-state index contributed by atoms with van der Waals surface area (Å²) in [5.41, 5.74) is 0. The summed E-state index contributed by atoms with van der Waals surface area (Å²) < 4.78 is 13.2. The van der Waals surface area contributed by atoms with Gasteiger partial charge in [-0.05, 0) is 0 Å². The number of hydrogen-bond donors (Lipinski definition) is 2. The van der Waals surface area contributed by atoms with Gasteiger partial charge in [0.25, 0.3) is 0 Å². The van der Waals surface area contributed by atoms with Crippen LogP contribution >= 0.6 is 7.82 Å². The third kappa shape index (κ3) is 16.2. The van der Waals surface area contributed by atoms with E-state index in [4.69, 9.17) is 9.79 Å². The summed E-state index contributed by atoms with van der Waals surface area (Å²) in [7, 11) is -4.10. The normalized spacial score (nSPS) is 8.75. The first-order valence-corrected chi connectivity index (χ1v) is 3.79. The van der Waals surface area contributed by atoms with Crippen molar-refractivity contribution in [3.8, 4) is 0 Å². The minimum absolute atomic E-state index is 0. The van der Waals surface area contributed by atoms with Crippen LogP contribution in [-0.2, 0) is 29.1 Å². The van der Waals surface area contributed by atoms with Gasteiger partial charge in [0.2, 0.25) is 0 Å². The van der Waals surface area contributed by atoms with E-state index in [1.807, 2.05) is 0 Å². The van der Waals surface area contributed by atoms with E-state index in [1.165, 1.54) is 0 Å². The number of hydrogen-bond acceptors (Lipinski definition) is 2. The van der Waals surface area contributed by atoms with Gasteiger partial charge in [-0.2, -0.15) is 0 Å². The van der Waals surface area contributed by atoms with Crippen LogP contribution in [0.25, 0.3) is 0 Å². The molecule has 2 N–H and O–H groups in total. The zero-order valence-corrected chi connectivity index (χ0v) is 6.71. The molecule has 0 rings (SSSR count). The van der Waals surface area contributed by atoms with Crippen molar-refractivity contribution in [3.05, 3.63) is 0 Å². The molecule has 0 fully saturated rings. The van der Waals surface area contributed by atoms with Crippen molar-refractivity contribution in [2.24, 2.45) is 0 Å². The summed E-state index contributed by atoms with van der Waals surface area (Å²) in [5.74, 6) is 0. The molecule has 0 heterocycles. The summed E-state index contributed by atoms with van der Waals surface area (Å²) in [4.78, 5) is 15.5. The molecule has 0 saturated carbocycles. The van der Waals surface area contributed by atoms with Crippen LogP contribution in [0.15, 0.2) is 0 Å². The van der Waals surface area contributed by atoms with Gasteiger partial charge in [-0.1, -0.05) is 0 Å². The molecule has 0 spiro atoms. The van der Waals surface area contributed by atoms with Crippen LogP contribution in [0.1, 0.15) is 0 Å². The summed E-state index contributed by atoms with van der Waals surface area (Å²) in [6.45, 7) is 0. The van der Waals surface area contributed by atoms with Crippen molar-refractivity contribution in [3.63, 3.8) is 0 Å². The Balaban J connectivity index is -0.000000125. The molecule has 0 bridgehead atoms. The van der Waals surface area contributed by atoms with Crippen molar-refractivity contribution < 1.29 is 38.8 Å². The fourth-order valence-electron chi connectivity index (χ4n) is 0. The molecule has 0 aromatic heterocycles. The maximum absolute atomic E-state index is 9.50. The van der Waals surface area contributed by atoms with E-state index in [0.717, 1.165) is 0 Å². The standard InChI is InChI=1S/Na.H3O4P.Sr.Ta.3H/c;1-5(2,3)4;;;;;/h;(H3,1,2,3,4);;;;;/q;;;+1;;;/p-1. The van der Waals surface area contributed by atoms with E-state index in [9.17, 15) is 4.57 Å². The molecule has 0 aliphatic rings. The molecule has 8 heavy (non-hydrogen) atoms. The predicted molar refractivity (Wildman–Crippen MR) is 28.8 cm³/mol. The van der Waals surface area contributed by atoms with Crippen molar-refractivity contribution in [2.45, 2.75) is 0 Å². The van der Waals surface area contributed by atoms with E-state index in [-0.39, 0.29) is 96.5 Å². The molecule has 8 heteroatoms. The molecule has 4 nitrogen and oxygen atoms in total. The van der Waals surface area contributed by atoms with Gasteiger partial charge < -0.3 is 0 Å². The predicted octanol–water partition coefficient (Wildman–Crippen LogP) is -2.01. The Hall–Kier alpha value is 3.33. The van der Waals surface area contributed by atoms with Gasteiger partial charge >= 0.3 is 122 Å². The number of rotatable bonds is 1. The Labute approximate surface area is 119 Å². The van der Waals surface area contributed by atoms with Gasteiger partial charge in [0.1, 0.15) is 0 Å². The van der Waals surface area contributed by atoms with E-state index in [2.05, 4.69) is 3.03 Å². The summed E-state index contributed by atoms with van der Waals surface area (Å²) in [6.07, 6.45) is 0. The van der Waals surface area contributed by atoms with Crippen LogP contribution in [0.2, 0.25) is 0 Å². The minimum atomic E-state index is -4.10. The molecule has 0 amide bonds. The fraction of sp³-hybridized carbons (Fsp3) is 0. The van der Waals surface area contributed by atoms with Crippen LogP contribution < -0.4 is 0 Å². The second-order valence-electron chi connectivity index (χ2n) is 0.572. The van der Waals surface area contributed by atoms with E-state index in [0.29, 0.717) is 0 Å². The molecule has 0 radical (unpaired) electrons. The summed E-state index contributed by atoms with van der Waals surface area (Å²) in [6, 6.07) is 0. The number of phosphoric acid groups is 1. The van der Waals surface area contributed by atoms with Crippen molar-refractivity contribution >= 4 is 82.9 Å². The third-order valence-corrected chi connectivity index (χ3v) is 2.61. The van der Waals surface area contributed by atoms with Crippen LogP contribution in [-0.4, -0.2) is 84.8 Å². The Morgan fingerprint density at radius 3 is 1.62 bits per heavy atom. The molecular weight excluding hydrogens is 387 g/mol. The Kier molecular flexibility index (Phi) is 18.4. The van der Waals surface area contributed by atoms with Gasteiger partial charge in [0, 0.05) is 0 Å². The van der Waals surface area contributed by atoms with E-state index in [1.54, 1.807) is 0 Å². The van der Waals surface area contributed by atoms with E-state index >= 15 is 0 Å². The third-order valence-electron chi connectivity index (χ3n) is 0.106. The topological polar surface area (TPSA) is 66.8 Å². The molecule has 0 unspecified atom stereocenters. The summed E-state index contributed by atoms with van der Waals surface area (Å²) >= 11 is 0.257. The Bertz CT molecular complexity index is 80.1. The monoisotopic (exact) mass is 392 g/mol. The zero-order chi connectivity index (χ0) is 5.21. The van der Waals surface area contributed by atoms with Crippen LogP contribution in [0.3, 0.4) is 0 Å². The molecule has 0 aliphatic heterocycles. The van der Waals surface area contributed by atoms with Crippen LogP contribution in [0.4, 0.5) is 0 Å². The van der Waals surface area contributed by atoms with Gasteiger partial charge in [0.15, 0.2) is 0 Å². The Morgan fingerprint density at radius 2 is 1.62 bits per heavy atom. The van der Waals surface area contributed by atoms with Crippen LogP contribution in [0, 0.1) is 0 Å². The van der Waals surface area contributed by atoms with Gasteiger partial charge in [-0.15, -0.1) is 0 Å². The molecule has 0 aromatic rings. The summed E-state index contributed by atoms with van der Waals surface area (Å²) in [5, 5.41) is 0. The Morgan fingerprint density at radius 1 is 1.50 bits per heavy atom. The van der Waals surface area contributed by atoms with Gasteiger partial charge in [-0.25, -0.2) is 0 Å². The second kappa shape index (κ2) is 8.43. The quantitative estimate of drug-likeness (QED) is 0.401. The first-order valence-electron chi connectivity index (χ1n) is 0.948. The maximum atomic E-state index is 9.50. The molecule has 0 aliphatic carbocycles.